The standard InChI is InChI=1S/C16H20N2.Na/c1-2-3-7-14-10-12-16(13-11-14)18-17-15-8-5-4-6-9-15;/h4-6,8-10,12-14H,2-3,7,11H2,1H3;/i4D,14D;. The number of rotatable bonds is 5. The van der Waals surface area contributed by atoms with Gasteiger partial charge in [-0.1, -0.05) is 50.1 Å². The molecule has 0 saturated heterocycles. The van der Waals surface area contributed by atoms with Crippen LogP contribution in [-0.4, -0.2) is 29.6 Å². The van der Waals surface area contributed by atoms with Crippen molar-refractivity contribution in [2.24, 2.45) is 16.1 Å². The van der Waals surface area contributed by atoms with E-state index in [2.05, 4.69) is 17.2 Å². The first-order valence-corrected chi connectivity index (χ1v) is 6.49. The zero-order valence-electron chi connectivity index (χ0n) is 13.8. The minimum atomic E-state index is -0.470. The Morgan fingerprint density at radius 2 is 2.16 bits per heavy atom. The Balaban J connectivity index is 0.00000220. The number of allylic oxidation sites excluding steroid dienone is 3. The molecule has 3 heteroatoms. The van der Waals surface area contributed by atoms with E-state index in [4.69, 9.17) is 2.74 Å². The molecule has 0 fully saturated rings. The monoisotopic (exact) mass is 265 g/mol. The summed E-state index contributed by atoms with van der Waals surface area (Å²) >= 11 is 0. The molecule has 1 atom stereocenters. The van der Waals surface area contributed by atoms with Crippen LogP contribution in [-0.2, 0) is 0 Å². The van der Waals surface area contributed by atoms with Crippen molar-refractivity contribution in [1.82, 2.24) is 0 Å². The van der Waals surface area contributed by atoms with Crippen molar-refractivity contribution >= 4 is 35.2 Å². The Hall–Kier alpha value is -0.700. The number of azo groups is 1. The van der Waals surface area contributed by atoms with Gasteiger partial charge in [-0.3, -0.25) is 0 Å². The Morgan fingerprint density at radius 3 is 2.79 bits per heavy atom. The third-order valence-corrected chi connectivity index (χ3v) is 2.90. The van der Waals surface area contributed by atoms with Crippen LogP contribution in [0.25, 0.3) is 0 Å². The van der Waals surface area contributed by atoms with Gasteiger partial charge in [-0.15, -0.1) is 0 Å². The van der Waals surface area contributed by atoms with E-state index in [1.165, 1.54) is 0 Å². The quantitative estimate of drug-likeness (QED) is 0.526. The number of nitrogens with zero attached hydrogens (tertiary/aromatic N) is 2. The molecular weight excluding hydrogens is 243 g/mol. The second-order valence-corrected chi connectivity index (χ2v) is 4.39. The Morgan fingerprint density at radius 1 is 1.37 bits per heavy atom. The van der Waals surface area contributed by atoms with Crippen LogP contribution < -0.4 is 0 Å². The predicted octanol–water partition coefficient (Wildman–Crippen LogP) is 5.04. The van der Waals surface area contributed by atoms with Crippen LogP contribution in [0.4, 0.5) is 5.69 Å². The van der Waals surface area contributed by atoms with Crippen LogP contribution in [0.1, 0.15) is 35.3 Å². The van der Waals surface area contributed by atoms with E-state index >= 15 is 0 Å². The fourth-order valence-electron chi connectivity index (χ4n) is 1.80. The molecule has 1 aromatic rings. The van der Waals surface area contributed by atoms with Crippen LogP contribution in [0.2, 0.25) is 0 Å². The number of unbranched alkanes of at least 4 members (excludes halogenated alkanes) is 1. The summed E-state index contributed by atoms with van der Waals surface area (Å²) in [7, 11) is 0. The smallest absolute Gasteiger partial charge is 0.0857 e. The average molecular weight is 265 g/mol. The second-order valence-electron chi connectivity index (χ2n) is 4.39. The zero-order chi connectivity index (χ0) is 14.4. The molecule has 0 saturated carbocycles. The minimum Gasteiger partial charge on any atom is -0.151 e. The first-order valence-electron chi connectivity index (χ1n) is 7.49. The molecule has 95 valence electrons. The van der Waals surface area contributed by atoms with Gasteiger partial charge in [0.25, 0.3) is 0 Å². The minimum absolute atomic E-state index is 0. The molecule has 1 aliphatic rings. The topological polar surface area (TPSA) is 24.7 Å². The Labute approximate surface area is 140 Å². The van der Waals surface area contributed by atoms with Crippen LogP contribution >= 0.6 is 0 Å². The summed E-state index contributed by atoms with van der Waals surface area (Å²) in [6.45, 7) is 2.15. The van der Waals surface area contributed by atoms with Crippen molar-refractivity contribution in [3.05, 3.63) is 54.2 Å². The summed E-state index contributed by atoms with van der Waals surface area (Å²) in [5, 5.41) is 8.33. The van der Waals surface area contributed by atoms with Crippen molar-refractivity contribution < 1.29 is 2.74 Å². The van der Waals surface area contributed by atoms with Gasteiger partial charge in [-0.25, -0.2) is 0 Å². The van der Waals surface area contributed by atoms with Gasteiger partial charge in [0.1, 0.15) is 0 Å². The SMILES string of the molecule is [2H]c1ccc(N=NC2=CCC([2H])(CCCC)C=C2)cc1.[Na]. The van der Waals surface area contributed by atoms with Crippen molar-refractivity contribution in [3.8, 4) is 0 Å². The number of hydrogen-bond donors (Lipinski definition) is 0. The molecular formula is C16H20N2Na. The predicted molar refractivity (Wildman–Crippen MR) is 81.6 cm³/mol. The van der Waals surface area contributed by atoms with Crippen molar-refractivity contribution in [2.45, 2.75) is 32.6 Å². The molecule has 0 spiro atoms. The summed E-state index contributed by atoms with van der Waals surface area (Å²) < 4.78 is 15.7. The Bertz CT molecular complexity index is 538. The van der Waals surface area contributed by atoms with Gasteiger partial charge in [0.05, 0.1) is 12.8 Å². The van der Waals surface area contributed by atoms with Crippen molar-refractivity contribution in [3.63, 3.8) is 0 Å². The van der Waals surface area contributed by atoms with E-state index in [-0.39, 0.29) is 29.6 Å². The molecule has 0 aromatic heterocycles. The molecule has 2 nitrogen and oxygen atoms in total. The molecule has 0 amide bonds. The molecule has 0 heterocycles. The fourth-order valence-corrected chi connectivity index (χ4v) is 1.80. The molecule has 19 heavy (non-hydrogen) atoms. The van der Waals surface area contributed by atoms with Crippen LogP contribution in [0.15, 0.2) is 64.5 Å². The van der Waals surface area contributed by atoms with Gasteiger partial charge in [-0.05, 0) is 36.9 Å². The summed E-state index contributed by atoms with van der Waals surface area (Å²) in [5.41, 5.74) is 1.54. The van der Waals surface area contributed by atoms with Gasteiger partial charge >= 0.3 is 0 Å². The summed E-state index contributed by atoms with van der Waals surface area (Å²) in [4.78, 5) is 0. The van der Waals surface area contributed by atoms with E-state index < -0.39 is 5.89 Å². The van der Waals surface area contributed by atoms with Crippen LogP contribution in [0.5, 0.6) is 0 Å². The van der Waals surface area contributed by atoms with E-state index in [9.17, 15) is 0 Å². The summed E-state index contributed by atoms with van der Waals surface area (Å²) in [6.07, 6.45) is 9.59. The van der Waals surface area contributed by atoms with Gasteiger partial charge in [0.2, 0.25) is 0 Å². The van der Waals surface area contributed by atoms with Crippen molar-refractivity contribution in [1.29, 1.82) is 0 Å². The molecule has 2 rings (SSSR count). The number of benzene rings is 1. The normalized spacial score (nSPS) is 23.5. The molecule has 0 bridgehead atoms. The Kier molecular flexibility index (Phi) is 6.47. The maximum Gasteiger partial charge on any atom is 0.0857 e. The third kappa shape index (κ3) is 5.85. The molecule has 1 aliphatic carbocycles. The molecule has 1 radical (unpaired) electrons. The first-order chi connectivity index (χ1) is 9.61. The van der Waals surface area contributed by atoms with Crippen LogP contribution in [0, 0.1) is 5.89 Å². The largest absolute Gasteiger partial charge is 0.151 e. The van der Waals surface area contributed by atoms with Crippen molar-refractivity contribution in [2.75, 3.05) is 0 Å². The van der Waals surface area contributed by atoms with E-state index in [0.717, 1.165) is 30.6 Å². The first kappa shape index (κ1) is 13.3. The third-order valence-electron chi connectivity index (χ3n) is 2.90. The fraction of sp³-hybridized carbons (Fsp3) is 0.375. The van der Waals surface area contributed by atoms with Gasteiger partial charge in [0.15, 0.2) is 0 Å². The molecule has 1 aromatic carbocycles. The number of hydrogen-bond acceptors (Lipinski definition) is 2. The van der Waals surface area contributed by atoms with Crippen LogP contribution in [0.3, 0.4) is 0 Å². The van der Waals surface area contributed by atoms with Gasteiger partial charge < -0.3 is 0 Å². The molecule has 0 aliphatic heterocycles. The van der Waals surface area contributed by atoms with E-state index in [0.29, 0.717) is 12.5 Å². The van der Waals surface area contributed by atoms with Gasteiger partial charge in [-0.2, -0.15) is 10.2 Å². The summed E-state index contributed by atoms with van der Waals surface area (Å²) in [5.74, 6) is -0.470. The average Bonchev–Trinajstić information content (AvgIpc) is 2.46. The second kappa shape index (κ2) is 9.24. The molecule has 1 unspecified atom stereocenters. The molecule has 0 N–H and O–H groups in total. The zero-order valence-corrected chi connectivity index (χ0v) is 13.8. The van der Waals surface area contributed by atoms with E-state index in [1.54, 1.807) is 24.3 Å². The van der Waals surface area contributed by atoms with Gasteiger partial charge in [0, 0.05) is 30.9 Å². The summed E-state index contributed by atoms with van der Waals surface area (Å²) in [6, 6.07) is 7.40. The maximum absolute atomic E-state index is 8.31. The van der Waals surface area contributed by atoms with E-state index in [1.807, 2.05) is 18.2 Å². The maximum atomic E-state index is 8.31.